The third-order valence-electron chi connectivity index (χ3n) is 5.63. The second-order valence-electron chi connectivity index (χ2n) is 7.97. The number of thioether (sulfide) groups is 1. The van der Waals surface area contributed by atoms with E-state index in [2.05, 4.69) is 0 Å². The summed E-state index contributed by atoms with van der Waals surface area (Å²) in [6.45, 7) is 2.08. The Labute approximate surface area is 201 Å². The van der Waals surface area contributed by atoms with Gasteiger partial charge < -0.3 is 0 Å². The van der Waals surface area contributed by atoms with E-state index in [1.165, 1.54) is 15.1 Å². The fourth-order valence-corrected chi connectivity index (χ4v) is 6.06. The molecule has 6 nitrogen and oxygen atoms in total. The van der Waals surface area contributed by atoms with Crippen molar-refractivity contribution in [2.45, 2.75) is 18.4 Å². The van der Waals surface area contributed by atoms with Crippen LogP contribution in [0.4, 0.5) is 4.79 Å². The summed E-state index contributed by atoms with van der Waals surface area (Å²) in [4.78, 5) is 27.2. The smallest absolute Gasteiger partial charge is 0.268 e. The number of rotatable bonds is 5. The first-order valence-corrected chi connectivity index (χ1v) is 12.8. The van der Waals surface area contributed by atoms with Gasteiger partial charge in [0.25, 0.3) is 21.2 Å². The number of imide groups is 1. The zero-order chi connectivity index (χ0) is 23.9. The Balaban J connectivity index is 1.55. The molecule has 0 bridgehead atoms. The summed E-state index contributed by atoms with van der Waals surface area (Å²) in [5.74, 6) is -0.392. The van der Waals surface area contributed by atoms with Crippen LogP contribution in [0.2, 0.25) is 0 Å². The first kappa shape index (κ1) is 22.2. The summed E-state index contributed by atoms with van der Waals surface area (Å²) in [5.41, 5.74) is 2.87. The van der Waals surface area contributed by atoms with E-state index in [4.69, 9.17) is 0 Å². The second kappa shape index (κ2) is 8.62. The normalized spacial score (nSPS) is 15.6. The first-order chi connectivity index (χ1) is 16.3. The van der Waals surface area contributed by atoms with Crippen LogP contribution in [0.3, 0.4) is 0 Å². The number of hydrogen-bond acceptors (Lipinski definition) is 5. The molecule has 0 radical (unpaired) electrons. The summed E-state index contributed by atoms with van der Waals surface area (Å²) in [6.07, 6.45) is 3.10. The number of fused-ring (bicyclic) bond motifs is 1. The number of benzene rings is 3. The molecule has 0 unspecified atom stereocenters. The van der Waals surface area contributed by atoms with Crippen molar-refractivity contribution in [2.75, 3.05) is 0 Å². The van der Waals surface area contributed by atoms with Crippen molar-refractivity contribution < 1.29 is 18.0 Å². The van der Waals surface area contributed by atoms with Crippen LogP contribution in [0.15, 0.2) is 94.9 Å². The second-order valence-corrected chi connectivity index (χ2v) is 10.8. The summed E-state index contributed by atoms with van der Waals surface area (Å²) in [5, 5.41) is 0.323. The van der Waals surface area contributed by atoms with Crippen molar-refractivity contribution in [3.05, 3.63) is 107 Å². The quantitative estimate of drug-likeness (QED) is 0.351. The van der Waals surface area contributed by atoms with Gasteiger partial charge in [-0.15, -0.1) is 0 Å². The topological polar surface area (TPSA) is 76.5 Å². The summed E-state index contributed by atoms with van der Waals surface area (Å²) in [7, 11) is -3.85. The molecule has 1 aliphatic heterocycles. The number of carbonyl (C=O) groups excluding carboxylic acids is 2. The zero-order valence-electron chi connectivity index (χ0n) is 18.2. The minimum Gasteiger partial charge on any atom is -0.268 e. The average Bonchev–Trinajstić information content (AvgIpc) is 3.33. The van der Waals surface area contributed by atoms with Gasteiger partial charge in [0.05, 0.1) is 21.9 Å². The number of aryl methyl sites for hydroxylation is 1. The van der Waals surface area contributed by atoms with Crippen LogP contribution in [0.25, 0.3) is 17.0 Å². The van der Waals surface area contributed by atoms with Gasteiger partial charge in [-0.3, -0.25) is 14.5 Å². The van der Waals surface area contributed by atoms with Crippen LogP contribution in [-0.4, -0.2) is 28.4 Å². The lowest BCUT2D eigenvalue weighted by molar-refractivity contribution is -0.123. The van der Waals surface area contributed by atoms with Gasteiger partial charge in [0, 0.05) is 17.1 Å². The Bertz CT molecular complexity index is 1550. The van der Waals surface area contributed by atoms with Crippen LogP contribution in [0.5, 0.6) is 0 Å². The lowest BCUT2D eigenvalue weighted by Crippen LogP contribution is -2.27. The molecular formula is C26H20N2O4S2. The van der Waals surface area contributed by atoms with E-state index < -0.39 is 15.9 Å². The van der Waals surface area contributed by atoms with Gasteiger partial charge >= 0.3 is 0 Å². The van der Waals surface area contributed by atoms with Gasteiger partial charge in [0.1, 0.15) is 0 Å². The van der Waals surface area contributed by atoms with Gasteiger partial charge in [-0.25, -0.2) is 12.4 Å². The number of nitrogens with zero attached hydrogens (tertiary/aromatic N) is 2. The summed E-state index contributed by atoms with van der Waals surface area (Å²) in [6, 6.07) is 23.1. The Morgan fingerprint density at radius 2 is 1.56 bits per heavy atom. The van der Waals surface area contributed by atoms with Gasteiger partial charge in [0.15, 0.2) is 0 Å². The van der Waals surface area contributed by atoms with Gasteiger partial charge in [-0.05, 0) is 48.5 Å². The molecule has 2 amide bonds. The molecule has 0 atom stereocenters. The lowest BCUT2D eigenvalue weighted by atomic mass is 10.1. The van der Waals surface area contributed by atoms with Gasteiger partial charge in [-0.1, -0.05) is 66.2 Å². The van der Waals surface area contributed by atoms with E-state index in [9.17, 15) is 18.0 Å². The maximum absolute atomic E-state index is 13.4. The zero-order valence-corrected chi connectivity index (χ0v) is 19.8. The predicted octanol–water partition coefficient (Wildman–Crippen LogP) is 5.42. The highest BCUT2D eigenvalue weighted by atomic mass is 32.2. The van der Waals surface area contributed by atoms with Gasteiger partial charge in [0.2, 0.25) is 0 Å². The van der Waals surface area contributed by atoms with Crippen molar-refractivity contribution in [1.82, 2.24) is 8.87 Å². The molecule has 1 fully saturated rings. The molecule has 34 heavy (non-hydrogen) atoms. The van der Waals surface area contributed by atoms with Crippen LogP contribution in [-0.2, 0) is 21.4 Å². The van der Waals surface area contributed by atoms with Crippen LogP contribution >= 0.6 is 11.8 Å². The molecule has 1 aliphatic rings. The Kier molecular flexibility index (Phi) is 5.63. The SMILES string of the molecule is Cc1ccc(S(=O)(=O)n2cc(/C=C3\SC(=O)N(Cc4ccccc4)C3=O)c3ccccc32)cc1. The predicted molar refractivity (Wildman–Crippen MR) is 134 cm³/mol. The van der Waals surface area contributed by atoms with Crippen LogP contribution in [0, 0.1) is 6.92 Å². The van der Waals surface area contributed by atoms with Crippen molar-refractivity contribution >= 4 is 49.9 Å². The maximum atomic E-state index is 13.4. The molecular weight excluding hydrogens is 468 g/mol. The lowest BCUT2D eigenvalue weighted by Gasteiger charge is -2.12. The third kappa shape index (κ3) is 3.95. The molecule has 0 N–H and O–H groups in total. The summed E-state index contributed by atoms with van der Waals surface area (Å²) >= 11 is 0.859. The highest BCUT2D eigenvalue weighted by molar-refractivity contribution is 8.18. The number of carbonyl (C=O) groups is 2. The third-order valence-corrected chi connectivity index (χ3v) is 8.23. The molecule has 3 aromatic carbocycles. The van der Waals surface area contributed by atoms with E-state index in [1.807, 2.05) is 43.3 Å². The largest absolute Gasteiger partial charge is 0.293 e. The molecule has 4 aromatic rings. The van der Waals surface area contributed by atoms with Crippen molar-refractivity contribution in [3.8, 4) is 0 Å². The molecule has 1 saturated heterocycles. The highest BCUT2D eigenvalue weighted by Crippen LogP contribution is 2.35. The van der Waals surface area contributed by atoms with Crippen LogP contribution < -0.4 is 0 Å². The molecule has 5 rings (SSSR count). The standard InChI is InChI=1S/C26H20N2O4S2/c1-18-11-13-21(14-12-18)34(31,32)28-17-20(22-9-5-6-10-23(22)28)15-24-25(29)27(26(30)33-24)16-19-7-3-2-4-8-19/h2-15,17H,16H2,1H3/b24-15-. The molecule has 0 spiro atoms. The van der Waals surface area contributed by atoms with E-state index in [-0.39, 0.29) is 21.6 Å². The van der Waals surface area contributed by atoms with E-state index in [1.54, 1.807) is 48.5 Å². The van der Waals surface area contributed by atoms with Crippen molar-refractivity contribution in [1.29, 1.82) is 0 Å². The number of aromatic nitrogens is 1. The first-order valence-electron chi connectivity index (χ1n) is 10.6. The number of amides is 2. The molecule has 0 aliphatic carbocycles. The molecule has 0 saturated carbocycles. The maximum Gasteiger partial charge on any atom is 0.293 e. The molecule has 1 aromatic heterocycles. The highest BCUT2D eigenvalue weighted by Gasteiger charge is 2.35. The van der Waals surface area contributed by atoms with E-state index in [0.29, 0.717) is 16.5 Å². The van der Waals surface area contributed by atoms with E-state index >= 15 is 0 Å². The fraction of sp³-hybridized carbons (Fsp3) is 0.0769. The van der Waals surface area contributed by atoms with Crippen molar-refractivity contribution in [2.24, 2.45) is 0 Å². The van der Waals surface area contributed by atoms with Gasteiger partial charge in [-0.2, -0.15) is 0 Å². The number of hydrogen-bond donors (Lipinski definition) is 0. The molecule has 2 heterocycles. The van der Waals surface area contributed by atoms with Crippen LogP contribution in [0.1, 0.15) is 16.7 Å². The minimum atomic E-state index is -3.85. The monoisotopic (exact) mass is 488 g/mol. The Morgan fingerprint density at radius 1 is 0.882 bits per heavy atom. The fourth-order valence-electron chi connectivity index (χ4n) is 3.86. The average molecular weight is 489 g/mol. The van der Waals surface area contributed by atoms with E-state index in [0.717, 1.165) is 22.9 Å². The molecule has 8 heteroatoms. The van der Waals surface area contributed by atoms with Crippen molar-refractivity contribution in [3.63, 3.8) is 0 Å². The Hall–Kier alpha value is -3.62. The summed E-state index contributed by atoms with van der Waals surface area (Å²) < 4.78 is 28.0. The number of para-hydroxylation sites is 1. The minimum absolute atomic E-state index is 0.175. The molecule has 170 valence electrons. The Morgan fingerprint density at radius 3 is 2.29 bits per heavy atom.